The van der Waals surface area contributed by atoms with E-state index in [2.05, 4.69) is 10.4 Å². The minimum atomic E-state index is -4.36. The molecule has 23 heavy (non-hydrogen) atoms. The lowest BCUT2D eigenvalue weighted by molar-refractivity contribution is -0.143. The zero-order chi connectivity index (χ0) is 17.8. The standard InChI is InChI=1S/C15H24F3N3O2/c1-9(6-5-7-22)19-14(23)10(2)13-11(3)20-21(12(13)4)8-15(16,17)18/h9-10,22H,5-8H2,1-4H3,(H,19,23). The van der Waals surface area contributed by atoms with Crippen LogP contribution in [-0.4, -0.2) is 39.6 Å². The van der Waals surface area contributed by atoms with Crippen molar-refractivity contribution < 1.29 is 23.1 Å². The first-order valence-electron chi connectivity index (χ1n) is 7.58. The van der Waals surface area contributed by atoms with Crippen molar-refractivity contribution in [2.45, 2.75) is 65.2 Å². The van der Waals surface area contributed by atoms with Crippen LogP contribution in [-0.2, 0) is 11.3 Å². The molecule has 0 fully saturated rings. The third kappa shape index (κ3) is 5.53. The molecule has 0 radical (unpaired) electrons. The fourth-order valence-electron chi connectivity index (χ4n) is 2.63. The van der Waals surface area contributed by atoms with Crippen molar-refractivity contribution >= 4 is 5.91 Å². The van der Waals surface area contributed by atoms with Gasteiger partial charge in [-0.2, -0.15) is 18.3 Å². The van der Waals surface area contributed by atoms with Gasteiger partial charge in [0.25, 0.3) is 0 Å². The second kappa shape index (κ2) is 7.81. The van der Waals surface area contributed by atoms with Crippen molar-refractivity contribution in [1.29, 1.82) is 0 Å². The number of aromatic nitrogens is 2. The largest absolute Gasteiger partial charge is 0.408 e. The molecule has 1 aromatic heterocycles. The highest BCUT2D eigenvalue weighted by atomic mass is 19.4. The number of aliphatic hydroxyl groups is 1. The summed E-state index contributed by atoms with van der Waals surface area (Å²) in [4.78, 5) is 12.3. The van der Waals surface area contributed by atoms with Crippen molar-refractivity contribution in [3.63, 3.8) is 0 Å². The summed E-state index contributed by atoms with van der Waals surface area (Å²) in [5.41, 5.74) is 1.31. The molecule has 0 aliphatic rings. The van der Waals surface area contributed by atoms with Crippen molar-refractivity contribution in [2.75, 3.05) is 6.61 Å². The average molecular weight is 335 g/mol. The van der Waals surface area contributed by atoms with Gasteiger partial charge in [-0.05, 0) is 40.5 Å². The van der Waals surface area contributed by atoms with Crippen LogP contribution in [0, 0.1) is 13.8 Å². The van der Waals surface area contributed by atoms with Crippen LogP contribution >= 0.6 is 0 Å². The van der Waals surface area contributed by atoms with Crippen LogP contribution in [0.15, 0.2) is 0 Å². The number of hydrogen-bond acceptors (Lipinski definition) is 3. The molecule has 8 heteroatoms. The minimum absolute atomic E-state index is 0.0538. The van der Waals surface area contributed by atoms with Gasteiger partial charge in [-0.25, -0.2) is 0 Å². The molecular weight excluding hydrogens is 311 g/mol. The number of hydrogen-bond donors (Lipinski definition) is 2. The van der Waals surface area contributed by atoms with Crippen LogP contribution in [0.5, 0.6) is 0 Å². The molecule has 0 saturated carbocycles. The lowest BCUT2D eigenvalue weighted by Gasteiger charge is -2.18. The molecule has 0 aromatic carbocycles. The van der Waals surface area contributed by atoms with Crippen LogP contribution in [0.25, 0.3) is 0 Å². The van der Waals surface area contributed by atoms with Gasteiger partial charge in [-0.1, -0.05) is 0 Å². The second-order valence-electron chi connectivity index (χ2n) is 5.85. The van der Waals surface area contributed by atoms with E-state index in [1.54, 1.807) is 20.8 Å². The molecule has 0 aliphatic heterocycles. The van der Waals surface area contributed by atoms with E-state index in [4.69, 9.17) is 5.11 Å². The Morgan fingerprint density at radius 3 is 2.48 bits per heavy atom. The van der Waals surface area contributed by atoms with Gasteiger partial charge in [-0.15, -0.1) is 0 Å². The first-order valence-corrected chi connectivity index (χ1v) is 7.58. The smallest absolute Gasteiger partial charge is 0.396 e. The second-order valence-corrected chi connectivity index (χ2v) is 5.85. The third-order valence-corrected chi connectivity index (χ3v) is 3.78. The molecule has 0 spiro atoms. The molecule has 1 heterocycles. The molecule has 0 bridgehead atoms. The fraction of sp³-hybridized carbons (Fsp3) is 0.733. The first kappa shape index (κ1) is 19.5. The highest BCUT2D eigenvalue weighted by molar-refractivity contribution is 5.84. The van der Waals surface area contributed by atoms with Crippen LogP contribution in [0.4, 0.5) is 13.2 Å². The van der Waals surface area contributed by atoms with Gasteiger partial charge in [0.05, 0.1) is 11.6 Å². The molecule has 2 unspecified atom stereocenters. The molecule has 132 valence electrons. The third-order valence-electron chi connectivity index (χ3n) is 3.78. The minimum Gasteiger partial charge on any atom is -0.396 e. The van der Waals surface area contributed by atoms with Gasteiger partial charge in [0.15, 0.2) is 0 Å². The summed E-state index contributed by atoms with van der Waals surface area (Å²) < 4.78 is 38.5. The summed E-state index contributed by atoms with van der Waals surface area (Å²) in [7, 11) is 0. The molecule has 1 rings (SSSR count). The molecule has 0 saturated heterocycles. The summed E-state index contributed by atoms with van der Waals surface area (Å²) in [5, 5.41) is 15.5. The van der Waals surface area contributed by atoms with E-state index in [9.17, 15) is 18.0 Å². The Hall–Kier alpha value is -1.57. The van der Waals surface area contributed by atoms with E-state index in [-0.39, 0.29) is 18.6 Å². The molecule has 1 amide bonds. The predicted molar refractivity (Wildman–Crippen MR) is 80.1 cm³/mol. The van der Waals surface area contributed by atoms with E-state index in [1.807, 2.05) is 6.92 Å². The van der Waals surface area contributed by atoms with E-state index in [1.165, 1.54) is 0 Å². The van der Waals surface area contributed by atoms with Crippen molar-refractivity contribution in [3.05, 3.63) is 17.0 Å². The highest BCUT2D eigenvalue weighted by Crippen LogP contribution is 2.26. The number of aliphatic hydroxyl groups excluding tert-OH is 1. The number of halogens is 3. The summed E-state index contributed by atoms with van der Waals surface area (Å²) in [6.45, 7) is 5.52. The maximum Gasteiger partial charge on any atom is 0.408 e. The Morgan fingerprint density at radius 1 is 1.35 bits per heavy atom. The Labute approximate surface area is 133 Å². The van der Waals surface area contributed by atoms with E-state index < -0.39 is 18.6 Å². The maximum absolute atomic E-state index is 12.6. The van der Waals surface area contributed by atoms with Crippen LogP contribution in [0.3, 0.4) is 0 Å². The van der Waals surface area contributed by atoms with Gasteiger partial charge in [0, 0.05) is 23.9 Å². The number of alkyl halides is 3. The first-order chi connectivity index (χ1) is 10.6. The van der Waals surface area contributed by atoms with Crippen LogP contribution in [0.2, 0.25) is 0 Å². The normalized spacial score (nSPS) is 14.6. The molecule has 5 nitrogen and oxygen atoms in total. The van der Waals surface area contributed by atoms with E-state index in [0.717, 1.165) is 4.68 Å². The molecule has 2 N–H and O–H groups in total. The van der Waals surface area contributed by atoms with Gasteiger partial charge >= 0.3 is 6.18 Å². The summed E-state index contributed by atoms with van der Waals surface area (Å²) in [5.74, 6) is -0.846. The van der Waals surface area contributed by atoms with Gasteiger partial charge in [0.1, 0.15) is 6.54 Å². The molecule has 1 aromatic rings. The Bertz CT molecular complexity index is 541. The number of carbonyl (C=O) groups excluding carboxylic acids is 1. The van der Waals surface area contributed by atoms with Crippen LogP contribution < -0.4 is 5.32 Å². The van der Waals surface area contributed by atoms with E-state index in [0.29, 0.717) is 29.8 Å². The number of nitrogens with one attached hydrogen (secondary N) is 1. The highest BCUT2D eigenvalue weighted by Gasteiger charge is 2.31. The summed E-state index contributed by atoms with van der Waals surface area (Å²) in [6.07, 6.45) is -3.14. The quantitative estimate of drug-likeness (QED) is 0.804. The predicted octanol–water partition coefficient (Wildman–Crippen LogP) is 2.44. The Balaban J connectivity index is 2.87. The topological polar surface area (TPSA) is 67.2 Å². The van der Waals surface area contributed by atoms with Crippen molar-refractivity contribution in [2.24, 2.45) is 0 Å². The SMILES string of the molecule is Cc1nn(CC(F)(F)F)c(C)c1C(C)C(=O)NC(C)CCCO. The zero-order valence-corrected chi connectivity index (χ0v) is 13.9. The molecule has 0 aliphatic carbocycles. The number of aryl methyl sites for hydroxylation is 1. The Kier molecular flexibility index (Phi) is 6.61. The zero-order valence-electron chi connectivity index (χ0n) is 13.9. The van der Waals surface area contributed by atoms with Crippen LogP contribution in [0.1, 0.15) is 49.6 Å². The Morgan fingerprint density at radius 2 is 1.96 bits per heavy atom. The lowest BCUT2D eigenvalue weighted by atomic mass is 9.97. The number of carbonyl (C=O) groups is 1. The average Bonchev–Trinajstić information content (AvgIpc) is 2.68. The van der Waals surface area contributed by atoms with Crippen molar-refractivity contribution in [1.82, 2.24) is 15.1 Å². The van der Waals surface area contributed by atoms with Crippen molar-refractivity contribution in [3.8, 4) is 0 Å². The number of nitrogens with zero attached hydrogens (tertiary/aromatic N) is 2. The summed E-state index contributed by atoms with van der Waals surface area (Å²) >= 11 is 0. The van der Waals surface area contributed by atoms with Gasteiger partial charge in [0.2, 0.25) is 5.91 Å². The lowest BCUT2D eigenvalue weighted by Crippen LogP contribution is -2.36. The molecular formula is C15H24F3N3O2. The summed E-state index contributed by atoms with van der Waals surface area (Å²) in [6, 6.07) is -0.108. The maximum atomic E-state index is 12.6. The number of rotatable bonds is 7. The monoisotopic (exact) mass is 335 g/mol. The number of amides is 1. The van der Waals surface area contributed by atoms with E-state index >= 15 is 0 Å². The van der Waals surface area contributed by atoms with Gasteiger partial charge < -0.3 is 10.4 Å². The fourth-order valence-corrected chi connectivity index (χ4v) is 2.63. The van der Waals surface area contributed by atoms with Gasteiger partial charge in [-0.3, -0.25) is 9.48 Å². The molecule has 2 atom stereocenters.